The molecule has 1 aliphatic carbocycles. The number of rotatable bonds is 7. The maximum Gasteiger partial charge on any atom is 0.319 e. The van der Waals surface area contributed by atoms with Crippen molar-refractivity contribution in [1.82, 2.24) is 14.0 Å². The molecular formula is C20H26N4O5S2. The standard InChI is InChI=1S/C20H26N4O5S2/c1-30(26,27)24(18-7-3-2-4-8-18)31(28,29)19-11-9-17(10-12-19)23-20(25)22-15-16-6-5-13-21-14-16/h5-6,9-14,18H,2-4,7-8,15H2,1H3,(H2,22,23,25). The highest BCUT2D eigenvalue weighted by Gasteiger charge is 2.39. The summed E-state index contributed by atoms with van der Waals surface area (Å²) in [5.41, 5.74) is 1.22. The Balaban J connectivity index is 1.70. The fraction of sp³-hybridized carbons (Fsp3) is 0.400. The lowest BCUT2D eigenvalue weighted by atomic mass is 9.96. The van der Waals surface area contributed by atoms with E-state index in [2.05, 4.69) is 15.6 Å². The molecule has 9 nitrogen and oxygen atoms in total. The fourth-order valence-corrected chi connectivity index (χ4v) is 7.34. The first-order chi connectivity index (χ1) is 14.7. The molecule has 3 rings (SSSR count). The molecule has 0 bridgehead atoms. The molecule has 1 saturated carbocycles. The number of urea groups is 1. The van der Waals surface area contributed by atoms with Gasteiger partial charge in [-0.2, -0.15) is 0 Å². The van der Waals surface area contributed by atoms with Gasteiger partial charge in [0, 0.05) is 30.7 Å². The highest BCUT2D eigenvalue weighted by atomic mass is 32.3. The van der Waals surface area contributed by atoms with Gasteiger partial charge in [0.1, 0.15) is 0 Å². The number of pyridine rings is 1. The third-order valence-electron chi connectivity index (χ3n) is 5.02. The van der Waals surface area contributed by atoms with Crippen LogP contribution in [0.3, 0.4) is 0 Å². The molecule has 2 N–H and O–H groups in total. The van der Waals surface area contributed by atoms with E-state index in [1.165, 1.54) is 24.3 Å². The summed E-state index contributed by atoms with van der Waals surface area (Å²) in [7, 11) is -8.21. The maximum absolute atomic E-state index is 13.1. The van der Waals surface area contributed by atoms with Crippen molar-refractivity contribution in [2.45, 2.75) is 49.6 Å². The Kier molecular flexibility index (Phi) is 7.29. The Morgan fingerprint density at radius 1 is 1.06 bits per heavy atom. The second-order valence-corrected chi connectivity index (χ2v) is 11.4. The first kappa shape index (κ1) is 23.2. The number of carbonyl (C=O) groups excluding carboxylic acids is 1. The predicted octanol–water partition coefficient (Wildman–Crippen LogP) is 2.69. The smallest absolute Gasteiger partial charge is 0.319 e. The molecular weight excluding hydrogens is 440 g/mol. The second kappa shape index (κ2) is 9.75. The van der Waals surface area contributed by atoms with Crippen LogP contribution in [0.1, 0.15) is 37.7 Å². The molecule has 0 atom stereocenters. The largest absolute Gasteiger partial charge is 0.334 e. The highest BCUT2D eigenvalue weighted by Crippen LogP contribution is 2.30. The number of nitrogens with one attached hydrogen (secondary N) is 2. The van der Waals surface area contributed by atoms with Crippen LogP contribution in [0, 0.1) is 0 Å². The lowest BCUT2D eigenvalue weighted by Gasteiger charge is -2.31. The normalized spacial score (nSPS) is 15.5. The van der Waals surface area contributed by atoms with Crippen molar-refractivity contribution in [2.24, 2.45) is 0 Å². The number of amides is 2. The summed E-state index contributed by atoms with van der Waals surface area (Å²) in [5.74, 6) is 0. The van der Waals surface area contributed by atoms with Crippen molar-refractivity contribution >= 4 is 31.8 Å². The molecule has 1 aliphatic rings. The summed E-state index contributed by atoms with van der Waals surface area (Å²) in [5, 5.41) is 5.29. The van der Waals surface area contributed by atoms with E-state index >= 15 is 0 Å². The van der Waals surface area contributed by atoms with Crippen LogP contribution in [0.25, 0.3) is 0 Å². The topological polar surface area (TPSA) is 126 Å². The molecule has 0 unspecified atom stereocenters. The molecule has 31 heavy (non-hydrogen) atoms. The van der Waals surface area contributed by atoms with Crippen molar-refractivity contribution in [3.63, 3.8) is 0 Å². The summed E-state index contributed by atoms with van der Waals surface area (Å²) < 4.78 is 51.5. The van der Waals surface area contributed by atoms with Crippen LogP contribution < -0.4 is 10.6 Å². The number of aromatic nitrogens is 1. The van der Waals surface area contributed by atoms with Gasteiger partial charge in [0.2, 0.25) is 10.0 Å². The Hall–Kier alpha value is -2.50. The van der Waals surface area contributed by atoms with E-state index in [1.807, 2.05) is 6.07 Å². The SMILES string of the molecule is CS(=O)(=O)N(C1CCCCC1)S(=O)(=O)c1ccc(NC(=O)NCc2cccnc2)cc1. The molecule has 168 valence electrons. The molecule has 2 aromatic rings. The molecule has 0 radical (unpaired) electrons. The molecule has 1 heterocycles. The number of nitrogens with zero attached hydrogens (tertiary/aromatic N) is 2. The lowest BCUT2D eigenvalue weighted by Crippen LogP contribution is -2.44. The van der Waals surface area contributed by atoms with Crippen molar-refractivity contribution in [3.8, 4) is 0 Å². The lowest BCUT2D eigenvalue weighted by molar-refractivity contribution is 0.251. The Bertz CT molecular complexity index is 1100. The van der Waals surface area contributed by atoms with Gasteiger partial charge < -0.3 is 10.6 Å². The first-order valence-corrected chi connectivity index (χ1v) is 13.3. The van der Waals surface area contributed by atoms with Gasteiger partial charge in [0.15, 0.2) is 0 Å². The summed E-state index contributed by atoms with van der Waals surface area (Å²) in [6.45, 7) is 0.289. The molecule has 1 aromatic carbocycles. The minimum atomic E-state index is -4.24. The van der Waals surface area contributed by atoms with Gasteiger partial charge >= 0.3 is 6.03 Å². The molecule has 1 aromatic heterocycles. The summed E-state index contributed by atoms with van der Waals surface area (Å²) in [6.07, 6.45) is 7.79. The zero-order valence-electron chi connectivity index (χ0n) is 17.2. The molecule has 1 fully saturated rings. The summed E-state index contributed by atoms with van der Waals surface area (Å²) in [4.78, 5) is 15.9. The van der Waals surface area contributed by atoms with E-state index in [-0.39, 0.29) is 11.4 Å². The molecule has 2 amide bonds. The Labute approximate surface area is 183 Å². The van der Waals surface area contributed by atoms with Crippen molar-refractivity contribution in [3.05, 3.63) is 54.4 Å². The fourth-order valence-electron chi connectivity index (χ4n) is 3.61. The van der Waals surface area contributed by atoms with Crippen LogP contribution in [-0.2, 0) is 26.6 Å². The van der Waals surface area contributed by atoms with E-state index < -0.39 is 32.1 Å². The Morgan fingerprint density at radius 2 is 1.74 bits per heavy atom. The average Bonchev–Trinajstić information content (AvgIpc) is 2.73. The third-order valence-corrected chi connectivity index (χ3v) is 9.02. The zero-order chi connectivity index (χ0) is 22.5. The van der Waals surface area contributed by atoms with Gasteiger partial charge in [-0.1, -0.05) is 29.0 Å². The van der Waals surface area contributed by atoms with Crippen molar-refractivity contribution in [1.29, 1.82) is 0 Å². The van der Waals surface area contributed by atoms with Crippen LogP contribution in [0.15, 0.2) is 53.7 Å². The number of hydrogen-bond donors (Lipinski definition) is 2. The first-order valence-electron chi connectivity index (χ1n) is 9.96. The number of benzene rings is 1. The third kappa shape index (κ3) is 6.02. The van der Waals surface area contributed by atoms with Crippen LogP contribution in [-0.4, -0.2) is 43.9 Å². The van der Waals surface area contributed by atoms with Gasteiger partial charge in [0.05, 0.1) is 11.2 Å². The Morgan fingerprint density at radius 3 is 2.32 bits per heavy atom. The van der Waals surface area contributed by atoms with E-state index in [9.17, 15) is 21.6 Å². The number of anilines is 1. The van der Waals surface area contributed by atoms with Gasteiger partial charge in [-0.3, -0.25) is 4.98 Å². The minimum Gasteiger partial charge on any atom is -0.334 e. The van der Waals surface area contributed by atoms with E-state index in [1.54, 1.807) is 18.5 Å². The van der Waals surface area contributed by atoms with Crippen molar-refractivity contribution in [2.75, 3.05) is 11.6 Å². The summed E-state index contributed by atoms with van der Waals surface area (Å²) >= 11 is 0. The van der Waals surface area contributed by atoms with E-state index in [0.717, 1.165) is 31.1 Å². The van der Waals surface area contributed by atoms with Crippen LogP contribution in [0.5, 0.6) is 0 Å². The number of hydrogen-bond acceptors (Lipinski definition) is 6. The van der Waals surface area contributed by atoms with Crippen molar-refractivity contribution < 1.29 is 21.6 Å². The molecule has 0 aliphatic heterocycles. The highest BCUT2D eigenvalue weighted by molar-refractivity contribution is 8.03. The molecule has 11 heteroatoms. The summed E-state index contributed by atoms with van der Waals surface area (Å²) in [6, 6.07) is 8.02. The van der Waals surface area contributed by atoms with Crippen LogP contribution >= 0.6 is 0 Å². The monoisotopic (exact) mass is 466 g/mol. The number of sulfonamides is 2. The van der Waals surface area contributed by atoms with Gasteiger partial charge in [-0.05, 0) is 48.7 Å². The predicted molar refractivity (Wildman–Crippen MR) is 117 cm³/mol. The van der Waals surface area contributed by atoms with Crippen LogP contribution in [0.4, 0.5) is 10.5 Å². The van der Waals surface area contributed by atoms with E-state index in [0.29, 0.717) is 22.2 Å². The van der Waals surface area contributed by atoms with Gasteiger partial charge in [-0.25, -0.2) is 21.6 Å². The second-order valence-electron chi connectivity index (χ2n) is 7.48. The average molecular weight is 467 g/mol. The van der Waals surface area contributed by atoms with Crippen LogP contribution in [0.2, 0.25) is 0 Å². The number of carbonyl (C=O) groups is 1. The van der Waals surface area contributed by atoms with E-state index in [4.69, 9.17) is 0 Å². The minimum absolute atomic E-state index is 0.134. The molecule has 0 spiro atoms. The molecule has 0 saturated heterocycles. The quantitative estimate of drug-likeness (QED) is 0.646. The van der Waals surface area contributed by atoms with Gasteiger partial charge in [0.25, 0.3) is 10.0 Å². The maximum atomic E-state index is 13.1. The van der Waals surface area contributed by atoms with Gasteiger partial charge in [-0.15, -0.1) is 0 Å². The zero-order valence-corrected chi connectivity index (χ0v) is 18.8.